The molecule has 2 rings (SSSR count). The van der Waals surface area contributed by atoms with E-state index >= 15 is 0 Å². The number of hydrogen-bond donors (Lipinski definition) is 1. The summed E-state index contributed by atoms with van der Waals surface area (Å²) in [6.07, 6.45) is 2.28. The molecule has 1 aromatic rings. The molecule has 5 heteroatoms. The van der Waals surface area contributed by atoms with Gasteiger partial charge in [0.15, 0.2) is 11.0 Å². The molecule has 0 spiro atoms. The SMILES string of the molecule is CCCC1CN=C(Nc2cccc(Cl)c2F)S1. The van der Waals surface area contributed by atoms with Crippen LogP contribution in [0.15, 0.2) is 23.2 Å². The van der Waals surface area contributed by atoms with Crippen molar-refractivity contribution in [3.8, 4) is 0 Å². The van der Waals surface area contributed by atoms with Crippen LogP contribution in [0.2, 0.25) is 5.02 Å². The van der Waals surface area contributed by atoms with Gasteiger partial charge in [0.2, 0.25) is 0 Å². The lowest BCUT2D eigenvalue weighted by Crippen LogP contribution is -2.08. The lowest BCUT2D eigenvalue weighted by molar-refractivity contribution is 0.632. The fourth-order valence-corrected chi connectivity index (χ4v) is 2.98. The predicted octanol–water partition coefficient (Wildman–Crippen LogP) is 4.16. The normalized spacial score (nSPS) is 19.2. The first kappa shape index (κ1) is 12.7. The van der Waals surface area contributed by atoms with Crippen LogP contribution in [-0.2, 0) is 0 Å². The van der Waals surface area contributed by atoms with Gasteiger partial charge in [-0.3, -0.25) is 4.99 Å². The van der Waals surface area contributed by atoms with Crippen molar-refractivity contribution in [3.63, 3.8) is 0 Å². The van der Waals surface area contributed by atoms with Crippen LogP contribution in [0.5, 0.6) is 0 Å². The molecule has 0 bridgehead atoms. The number of benzene rings is 1. The van der Waals surface area contributed by atoms with E-state index in [1.54, 1.807) is 23.9 Å². The Labute approximate surface area is 110 Å². The first-order chi connectivity index (χ1) is 8.20. The molecular formula is C12H14ClFN2S. The van der Waals surface area contributed by atoms with Crippen LogP contribution in [0.25, 0.3) is 0 Å². The number of nitrogens with one attached hydrogen (secondary N) is 1. The standard InChI is InChI=1S/C12H14ClFN2S/c1-2-4-8-7-15-12(17-8)16-10-6-3-5-9(13)11(10)14/h3,5-6,8H,2,4,7H2,1H3,(H,15,16). The smallest absolute Gasteiger partial charge is 0.165 e. The van der Waals surface area contributed by atoms with Gasteiger partial charge in [0.05, 0.1) is 17.3 Å². The highest BCUT2D eigenvalue weighted by Gasteiger charge is 2.19. The number of hydrogen-bond acceptors (Lipinski definition) is 3. The summed E-state index contributed by atoms with van der Waals surface area (Å²) in [5.41, 5.74) is 0.390. The van der Waals surface area contributed by atoms with Gasteiger partial charge in [-0.2, -0.15) is 0 Å². The predicted molar refractivity (Wildman–Crippen MR) is 73.6 cm³/mol. The largest absolute Gasteiger partial charge is 0.333 e. The van der Waals surface area contributed by atoms with Crippen molar-refractivity contribution >= 4 is 34.2 Å². The van der Waals surface area contributed by atoms with Crippen LogP contribution in [-0.4, -0.2) is 17.0 Å². The lowest BCUT2D eigenvalue weighted by Gasteiger charge is -2.09. The summed E-state index contributed by atoms with van der Waals surface area (Å²) < 4.78 is 13.6. The average Bonchev–Trinajstić information content (AvgIpc) is 2.73. The third kappa shape index (κ3) is 3.13. The Bertz CT molecular complexity index is 437. The Kier molecular flexibility index (Phi) is 4.29. The molecule has 0 fully saturated rings. The molecule has 17 heavy (non-hydrogen) atoms. The maximum atomic E-state index is 13.6. The summed E-state index contributed by atoms with van der Waals surface area (Å²) in [5.74, 6) is -0.420. The van der Waals surface area contributed by atoms with E-state index in [9.17, 15) is 4.39 Å². The van der Waals surface area contributed by atoms with E-state index in [4.69, 9.17) is 11.6 Å². The molecule has 1 N–H and O–H groups in total. The maximum Gasteiger partial charge on any atom is 0.165 e. The zero-order chi connectivity index (χ0) is 12.3. The first-order valence-electron chi connectivity index (χ1n) is 5.63. The fraction of sp³-hybridized carbons (Fsp3) is 0.417. The molecule has 2 nitrogen and oxygen atoms in total. The molecule has 1 unspecified atom stereocenters. The summed E-state index contributed by atoms with van der Waals surface area (Å²) in [7, 11) is 0. The molecule has 0 saturated heterocycles. The van der Waals surface area contributed by atoms with Crippen LogP contribution in [0.1, 0.15) is 19.8 Å². The van der Waals surface area contributed by atoms with Gasteiger partial charge in [-0.05, 0) is 18.6 Å². The highest BCUT2D eigenvalue weighted by atomic mass is 35.5. The molecule has 1 heterocycles. The molecule has 0 radical (unpaired) electrons. The molecule has 0 aromatic heterocycles. The zero-order valence-electron chi connectivity index (χ0n) is 9.54. The Morgan fingerprint density at radius 1 is 1.59 bits per heavy atom. The molecule has 1 aliphatic heterocycles. The molecule has 0 saturated carbocycles. The maximum absolute atomic E-state index is 13.6. The monoisotopic (exact) mass is 272 g/mol. The van der Waals surface area contributed by atoms with E-state index in [1.807, 2.05) is 0 Å². The number of aliphatic imine (C=N–C) groups is 1. The van der Waals surface area contributed by atoms with Crippen molar-refractivity contribution in [3.05, 3.63) is 29.0 Å². The second-order valence-corrected chi connectivity index (χ2v) is 5.60. The van der Waals surface area contributed by atoms with E-state index in [1.165, 1.54) is 6.07 Å². The number of anilines is 1. The molecular weight excluding hydrogens is 259 g/mol. The number of rotatable bonds is 3. The van der Waals surface area contributed by atoms with Gasteiger partial charge < -0.3 is 5.32 Å². The minimum Gasteiger partial charge on any atom is -0.333 e. The van der Waals surface area contributed by atoms with Gasteiger partial charge in [0.1, 0.15) is 0 Å². The van der Waals surface area contributed by atoms with Crippen molar-refractivity contribution in [2.24, 2.45) is 4.99 Å². The van der Waals surface area contributed by atoms with Crippen molar-refractivity contribution in [1.29, 1.82) is 0 Å². The zero-order valence-corrected chi connectivity index (χ0v) is 11.1. The van der Waals surface area contributed by atoms with E-state index in [-0.39, 0.29) is 5.02 Å². The highest BCUT2D eigenvalue weighted by molar-refractivity contribution is 8.15. The van der Waals surface area contributed by atoms with Gasteiger partial charge in [0.25, 0.3) is 0 Å². The Morgan fingerprint density at radius 2 is 2.41 bits per heavy atom. The van der Waals surface area contributed by atoms with Crippen molar-refractivity contribution in [2.75, 3.05) is 11.9 Å². The molecule has 1 atom stereocenters. The third-order valence-electron chi connectivity index (χ3n) is 2.52. The van der Waals surface area contributed by atoms with E-state index < -0.39 is 5.82 Å². The Hall–Kier alpha value is -0.740. The average molecular weight is 273 g/mol. The molecule has 0 amide bonds. The topological polar surface area (TPSA) is 24.4 Å². The fourth-order valence-electron chi connectivity index (χ4n) is 1.67. The van der Waals surface area contributed by atoms with Crippen LogP contribution < -0.4 is 5.32 Å². The summed E-state index contributed by atoms with van der Waals surface area (Å²) in [5, 5.41) is 4.42. The number of thioether (sulfide) groups is 1. The van der Waals surface area contributed by atoms with Crippen molar-refractivity contribution < 1.29 is 4.39 Å². The second kappa shape index (κ2) is 5.74. The van der Waals surface area contributed by atoms with Crippen LogP contribution >= 0.6 is 23.4 Å². The van der Waals surface area contributed by atoms with Crippen molar-refractivity contribution in [1.82, 2.24) is 0 Å². The lowest BCUT2D eigenvalue weighted by atomic mass is 10.2. The van der Waals surface area contributed by atoms with Gasteiger partial charge in [-0.15, -0.1) is 0 Å². The minimum atomic E-state index is -0.420. The summed E-state index contributed by atoms with van der Waals surface area (Å²) in [4.78, 5) is 4.36. The summed E-state index contributed by atoms with van der Waals surface area (Å²) in [6.45, 7) is 2.96. The van der Waals surface area contributed by atoms with Gasteiger partial charge >= 0.3 is 0 Å². The molecule has 1 aliphatic rings. The molecule has 0 aliphatic carbocycles. The van der Waals surface area contributed by atoms with Gasteiger partial charge in [0, 0.05) is 5.25 Å². The Morgan fingerprint density at radius 3 is 3.18 bits per heavy atom. The number of nitrogens with zero attached hydrogens (tertiary/aromatic N) is 1. The van der Waals surface area contributed by atoms with Crippen LogP contribution in [0, 0.1) is 5.82 Å². The first-order valence-corrected chi connectivity index (χ1v) is 6.88. The summed E-state index contributed by atoms with van der Waals surface area (Å²) in [6, 6.07) is 4.92. The quantitative estimate of drug-likeness (QED) is 0.893. The third-order valence-corrected chi connectivity index (χ3v) is 3.99. The van der Waals surface area contributed by atoms with Crippen LogP contribution in [0.3, 0.4) is 0 Å². The Balaban J connectivity index is 2.01. The van der Waals surface area contributed by atoms with Gasteiger partial charge in [-0.1, -0.05) is 42.8 Å². The van der Waals surface area contributed by atoms with Crippen molar-refractivity contribution in [2.45, 2.75) is 25.0 Å². The van der Waals surface area contributed by atoms with E-state index in [0.29, 0.717) is 10.9 Å². The molecule has 92 valence electrons. The van der Waals surface area contributed by atoms with E-state index in [0.717, 1.165) is 24.6 Å². The highest BCUT2D eigenvalue weighted by Crippen LogP contribution is 2.28. The van der Waals surface area contributed by atoms with E-state index in [2.05, 4.69) is 17.2 Å². The second-order valence-electron chi connectivity index (χ2n) is 3.90. The minimum absolute atomic E-state index is 0.128. The van der Waals surface area contributed by atoms with Crippen LogP contribution in [0.4, 0.5) is 10.1 Å². The number of halogens is 2. The van der Waals surface area contributed by atoms with Gasteiger partial charge in [-0.25, -0.2) is 4.39 Å². The number of amidine groups is 1. The summed E-state index contributed by atoms with van der Waals surface area (Å²) >= 11 is 7.39. The molecule has 1 aromatic carbocycles.